The van der Waals surface area contributed by atoms with Crippen molar-refractivity contribution in [3.63, 3.8) is 0 Å². The molecule has 10 rings (SSSR count). The molecule has 390 valence electrons. The minimum absolute atomic E-state index is 0.00733. The van der Waals surface area contributed by atoms with Crippen molar-refractivity contribution in [3.05, 3.63) is 147 Å². The molecular weight excluding hydrogens is 941 g/mol. The van der Waals surface area contributed by atoms with Gasteiger partial charge in [0.15, 0.2) is 0 Å². The molecule has 0 saturated carbocycles. The van der Waals surface area contributed by atoms with Gasteiger partial charge >= 0.3 is 0 Å². The molecule has 2 N–H and O–H groups in total. The Bertz CT molecular complexity index is 3160. The van der Waals surface area contributed by atoms with E-state index in [1.54, 1.807) is 12.1 Å². The lowest BCUT2D eigenvalue weighted by Crippen LogP contribution is -2.51. The summed E-state index contributed by atoms with van der Waals surface area (Å²) < 4.78 is 15.8. The molecule has 0 unspecified atom stereocenters. The number of nitrogens with one attached hydrogen (secondary N) is 1. The van der Waals surface area contributed by atoms with Crippen molar-refractivity contribution in [2.45, 2.75) is 91.0 Å². The summed E-state index contributed by atoms with van der Waals surface area (Å²) >= 11 is 0. The van der Waals surface area contributed by atoms with Crippen LogP contribution in [0.3, 0.4) is 0 Å². The van der Waals surface area contributed by atoms with Crippen molar-refractivity contribution in [1.29, 1.82) is 5.26 Å². The molecule has 0 bridgehead atoms. The second-order valence-electron chi connectivity index (χ2n) is 21.6. The minimum Gasteiger partial charge on any atom is -0.508 e. The fourth-order valence-electron chi connectivity index (χ4n) is 11.8. The van der Waals surface area contributed by atoms with E-state index < -0.39 is 0 Å². The van der Waals surface area contributed by atoms with Gasteiger partial charge in [-0.25, -0.2) is 0 Å². The van der Waals surface area contributed by atoms with E-state index in [9.17, 15) is 20.0 Å². The first kappa shape index (κ1) is 51.3. The molecule has 0 spiro atoms. The zero-order valence-corrected chi connectivity index (χ0v) is 44.4. The van der Waals surface area contributed by atoms with E-state index in [1.807, 2.05) is 84.4 Å². The lowest BCUT2D eigenvalue weighted by Gasteiger charge is -2.41. The SMILES string of the molecule is Cc1c(-c2c(C(=O)Nc3ccc(O)cc3)c(C)n(C)c2-c2cc3c(cc2C(=O)N2Cc4ccccc4C[C@H]2CN2CCCCC2)CN(C(=O)Cc2ccc(OCCN4CCOC(C)(C)C4)cc2)CC3)cc(C#N)n1C. The third-order valence-corrected chi connectivity index (χ3v) is 16.1. The van der Waals surface area contributed by atoms with Crippen LogP contribution >= 0.6 is 0 Å². The van der Waals surface area contributed by atoms with Crippen molar-refractivity contribution in [2.24, 2.45) is 14.1 Å². The molecule has 75 heavy (non-hydrogen) atoms. The number of piperidine rings is 1. The number of ether oxygens (including phenoxy) is 2. The summed E-state index contributed by atoms with van der Waals surface area (Å²) in [5, 5.41) is 23.4. The summed E-state index contributed by atoms with van der Waals surface area (Å²) in [4.78, 5) is 54.0. The van der Waals surface area contributed by atoms with Gasteiger partial charge in [-0.2, -0.15) is 5.26 Å². The molecule has 4 aliphatic heterocycles. The number of hydrogen-bond acceptors (Lipinski definition) is 9. The smallest absolute Gasteiger partial charge is 0.258 e. The van der Waals surface area contributed by atoms with Gasteiger partial charge in [-0.15, -0.1) is 0 Å². The lowest BCUT2D eigenvalue weighted by molar-refractivity contribution is -0.131. The fraction of sp³-hybridized carbons (Fsp3) is 0.410. The number of nitrogens with zero attached hydrogens (tertiary/aromatic N) is 7. The number of rotatable bonds is 13. The molecule has 2 fully saturated rings. The van der Waals surface area contributed by atoms with Crippen LogP contribution in [0.25, 0.3) is 22.4 Å². The largest absolute Gasteiger partial charge is 0.508 e. The van der Waals surface area contributed by atoms with Crippen LogP contribution < -0.4 is 10.1 Å². The number of likely N-dealkylation sites (tertiary alicyclic amines) is 1. The van der Waals surface area contributed by atoms with Crippen LogP contribution in [0.5, 0.6) is 11.5 Å². The zero-order chi connectivity index (χ0) is 52.5. The van der Waals surface area contributed by atoms with Crippen molar-refractivity contribution in [3.8, 4) is 40.0 Å². The Balaban J connectivity index is 1.02. The normalized spacial score (nSPS) is 17.7. The first-order valence-corrected chi connectivity index (χ1v) is 26.6. The number of anilines is 1. The highest BCUT2D eigenvalue weighted by molar-refractivity contribution is 6.14. The Morgan fingerprint density at radius 2 is 1.56 bits per heavy atom. The first-order chi connectivity index (χ1) is 36.1. The summed E-state index contributed by atoms with van der Waals surface area (Å²) in [5.74, 6) is 0.392. The third-order valence-electron chi connectivity index (χ3n) is 16.1. The average Bonchev–Trinajstić information content (AvgIpc) is 3.86. The monoisotopic (exact) mass is 1010 g/mol. The summed E-state index contributed by atoms with van der Waals surface area (Å²) in [6.07, 6.45) is 5.03. The number of phenolic OH excluding ortho intramolecular Hbond substituents is 1. The number of benzene rings is 4. The van der Waals surface area contributed by atoms with Gasteiger partial charge in [-0.05, 0) is 149 Å². The number of carbonyl (C=O) groups excluding carboxylic acids is 3. The summed E-state index contributed by atoms with van der Waals surface area (Å²) in [6, 6.07) is 30.8. The van der Waals surface area contributed by atoms with Crippen LogP contribution in [0.15, 0.2) is 91.0 Å². The number of fused-ring (bicyclic) bond motifs is 2. The van der Waals surface area contributed by atoms with Crippen LogP contribution in [0, 0.1) is 25.2 Å². The topological polar surface area (TPSA) is 149 Å². The molecular formula is C61H70N8O6. The molecule has 2 saturated heterocycles. The van der Waals surface area contributed by atoms with Gasteiger partial charge in [-0.1, -0.05) is 42.8 Å². The first-order valence-electron chi connectivity index (χ1n) is 26.6. The number of amides is 3. The second kappa shape index (κ2) is 21.6. The van der Waals surface area contributed by atoms with Crippen molar-refractivity contribution < 1.29 is 29.0 Å². The van der Waals surface area contributed by atoms with Gasteiger partial charge in [0.05, 0.1) is 29.9 Å². The van der Waals surface area contributed by atoms with E-state index in [1.165, 1.54) is 24.1 Å². The Kier molecular flexibility index (Phi) is 14.8. The number of phenols is 1. The van der Waals surface area contributed by atoms with Crippen molar-refractivity contribution in [1.82, 2.24) is 28.7 Å². The standard InChI is InChI=1S/C61H70N8O6/c1-40-52(34-48(35-62)64(40)5)57-56(59(72)63-47-16-18-50(70)19-17-47)41(2)65(6)58(57)53-32-44-22-25-68(55(71)30-42-14-20-51(21-15-42)74-28-26-67-27-29-75-61(3,4)39-67)36-46(44)33-54(53)60(73)69-37-45-13-9-8-12-43(45)31-49(69)38-66-23-10-7-11-24-66/h8-9,12-21,32-34,49,70H,7,10-11,22-31,36-39H2,1-6H3,(H,63,72)/t49-/m0/s1. The van der Waals surface area contributed by atoms with E-state index in [2.05, 4.69) is 64.2 Å². The summed E-state index contributed by atoms with van der Waals surface area (Å²) in [6.45, 7) is 16.0. The number of carbonyl (C=O) groups is 3. The predicted molar refractivity (Wildman–Crippen MR) is 291 cm³/mol. The highest BCUT2D eigenvalue weighted by Gasteiger charge is 2.37. The molecule has 6 aromatic rings. The maximum absolute atomic E-state index is 16.1. The summed E-state index contributed by atoms with van der Waals surface area (Å²) in [5.41, 5.74) is 11.1. The summed E-state index contributed by atoms with van der Waals surface area (Å²) in [7, 11) is 3.78. The molecule has 3 amide bonds. The molecule has 0 radical (unpaired) electrons. The minimum atomic E-state index is -0.360. The van der Waals surface area contributed by atoms with Crippen LogP contribution in [-0.2, 0) is 56.0 Å². The molecule has 4 aromatic carbocycles. The van der Waals surface area contributed by atoms with Gasteiger partial charge in [-0.3, -0.25) is 19.3 Å². The Hall–Kier alpha value is -7.18. The van der Waals surface area contributed by atoms with Crippen LogP contribution in [-0.4, -0.2) is 122 Å². The van der Waals surface area contributed by atoms with Gasteiger partial charge in [0, 0.05) is 105 Å². The van der Waals surface area contributed by atoms with Crippen LogP contribution in [0.2, 0.25) is 0 Å². The number of aromatic nitrogens is 2. The van der Waals surface area contributed by atoms with Crippen molar-refractivity contribution in [2.75, 3.05) is 64.3 Å². The van der Waals surface area contributed by atoms with Gasteiger partial charge < -0.3 is 43.7 Å². The number of morpholine rings is 1. The van der Waals surface area contributed by atoms with Gasteiger partial charge in [0.25, 0.3) is 11.8 Å². The molecule has 4 aliphatic rings. The van der Waals surface area contributed by atoms with Crippen molar-refractivity contribution >= 4 is 23.4 Å². The van der Waals surface area contributed by atoms with Crippen LogP contribution in [0.4, 0.5) is 5.69 Å². The quantitative estimate of drug-likeness (QED) is 0.108. The lowest BCUT2D eigenvalue weighted by atomic mass is 9.87. The molecule has 14 heteroatoms. The molecule has 14 nitrogen and oxygen atoms in total. The number of hydrogen-bond donors (Lipinski definition) is 2. The number of nitriles is 1. The van der Waals surface area contributed by atoms with E-state index >= 15 is 4.79 Å². The highest BCUT2D eigenvalue weighted by atomic mass is 16.5. The molecule has 6 heterocycles. The maximum atomic E-state index is 16.1. The van der Waals surface area contributed by atoms with Gasteiger partial charge in [0.1, 0.15) is 29.9 Å². The third kappa shape index (κ3) is 10.9. The van der Waals surface area contributed by atoms with E-state index in [0.717, 1.165) is 92.2 Å². The van der Waals surface area contributed by atoms with E-state index in [4.69, 9.17) is 9.47 Å². The number of aromatic hydroxyl groups is 1. The molecule has 1 atom stereocenters. The predicted octanol–water partition coefficient (Wildman–Crippen LogP) is 8.81. The second-order valence-corrected chi connectivity index (χ2v) is 21.6. The fourth-order valence-corrected chi connectivity index (χ4v) is 11.8. The van der Waals surface area contributed by atoms with Gasteiger partial charge in [0.2, 0.25) is 5.91 Å². The maximum Gasteiger partial charge on any atom is 0.258 e. The zero-order valence-electron chi connectivity index (χ0n) is 44.4. The Morgan fingerprint density at radius 1 is 0.813 bits per heavy atom. The van der Waals surface area contributed by atoms with E-state index in [0.29, 0.717) is 89.9 Å². The Labute approximate surface area is 441 Å². The average molecular weight is 1010 g/mol. The molecule has 2 aromatic heterocycles. The van der Waals surface area contributed by atoms with Crippen LogP contribution in [0.1, 0.15) is 98.7 Å². The Morgan fingerprint density at radius 3 is 2.28 bits per heavy atom. The van der Waals surface area contributed by atoms with E-state index in [-0.39, 0.29) is 41.5 Å². The molecule has 0 aliphatic carbocycles. The highest BCUT2D eigenvalue weighted by Crippen LogP contribution is 2.44.